The normalized spacial score (nSPS) is 8.67. The van der Waals surface area contributed by atoms with Gasteiger partial charge < -0.3 is 0 Å². The van der Waals surface area contributed by atoms with Gasteiger partial charge in [0, 0.05) is 10.7 Å². The van der Waals surface area contributed by atoms with Gasteiger partial charge >= 0.3 is 0 Å². The smallest absolute Gasteiger partial charge is 0.0252 e. The van der Waals surface area contributed by atoms with Crippen LogP contribution in [0, 0.1) is 4.78 Å². The minimum atomic E-state index is -0.688. The first-order chi connectivity index (χ1) is 5.83. The molecule has 0 saturated carbocycles. The zero-order chi connectivity index (χ0) is 8.81. The molecule has 1 nitrogen and oxygen atoms in total. The highest BCUT2D eigenvalue weighted by Gasteiger charge is 1.84. The monoisotopic (exact) mass is 195 g/mol. The second-order valence-electron chi connectivity index (χ2n) is 2.28. The first-order valence-corrected chi connectivity index (χ1v) is 5.22. The molecule has 62 valence electrons. The summed E-state index contributed by atoms with van der Waals surface area (Å²) in [5.41, 5.74) is 1.22. The number of rotatable bonds is 2. The Morgan fingerprint density at radius 3 is 2.67 bits per heavy atom. The van der Waals surface area contributed by atoms with E-state index >= 15 is 0 Å². The SMILES string of the molecule is N=S(=C=S)=CCc1ccccc1. The van der Waals surface area contributed by atoms with Crippen LogP contribution in [0.5, 0.6) is 0 Å². The predicted octanol–water partition coefficient (Wildman–Crippen LogP) is 2.25. The molecule has 0 saturated heterocycles. The van der Waals surface area contributed by atoms with Crippen LogP contribution < -0.4 is 0 Å². The number of benzene rings is 1. The van der Waals surface area contributed by atoms with Crippen LogP contribution >= 0.6 is 12.2 Å². The molecule has 0 aliphatic carbocycles. The molecule has 1 rings (SSSR count). The minimum Gasteiger partial charge on any atom is -0.248 e. The Kier molecular flexibility index (Phi) is 3.74. The molecule has 0 atom stereocenters. The van der Waals surface area contributed by atoms with E-state index in [-0.39, 0.29) is 0 Å². The summed E-state index contributed by atoms with van der Waals surface area (Å²) in [5, 5.41) is 1.86. The van der Waals surface area contributed by atoms with E-state index in [4.69, 9.17) is 4.78 Å². The topological polar surface area (TPSA) is 23.9 Å². The molecule has 0 spiro atoms. The van der Waals surface area contributed by atoms with Gasteiger partial charge in [-0.25, -0.2) is 4.78 Å². The highest BCUT2D eigenvalue weighted by atomic mass is 32.2. The minimum absolute atomic E-state index is 0.688. The van der Waals surface area contributed by atoms with Gasteiger partial charge in [-0.3, -0.25) is 0 Å². The second-order valence-corrected chi connectivity index (χ2v) is 3.95. The van der Waals surface area contributed by atoms with Gasteiger partial charge in [-0.1, -0.05) is 40.2 Å². The van der Waals surface area contributed by atoms with Gasteiger partial charge in [-0.15, -0.1) is 0 Å². The maximum Gasteiger partial charge on any atom is 0.0252 e. The third-order valence-electron chi connectivity index (χ3n) is 1.42. The summed E-state index contributed by atoms with van der Waals surface area (Å²) in [6.45, 7) is 0. The molecule has 0 unspecified atom stereocenters. The zero-order valence-corrected chi connectivity index (χ0v) is 8.12. The molecule has 0 bridgehead atoms. The average Bonchev–Trinajstić information content (AvgIpc) is 2.16. The largest absolute Gasteiger partial charge is 0.248 e. The van der Waals surface area contributed by atoms with Gasteiger partial charge in [0.15, 0.2) is 0 Å². The fourth-order valence-electron chi connectivity index (χ4n) is 0.828. The van der Waals surface area contributed by atoms with Crippen molar-refractivity contribution >= 4 is 31.8 Å². The Labute approximate surface area is 79.1 Å². The van der Waals surface area contributed by atoms with Crippen LogP contribution in [0.25, 0.3) is 0 Å². The lowest BCUT2D eigenvalue weighted by Gasteiger charge is -1.91. The second kappa shape index (κ2) is 4.88. The molecule has 12 heavy (non-hydrogen) atoms. The maximum absolute atomic E-state index is 7.33. The van der Waals surface area contributed by atoms with Crippen LogP contribution in [0.3, 0.4) is 0 Å². The van der Waals surface area contributed by atoms with Gasteiger partial charge in [0.1, 0.15) is 0 Å². The summed E-state index contributed by atoms with van der Waals surface area (Å²) in [5.74, 6) is 0. The quantitative estimate of drug-likeness (QED) is 0.719. The van der Waals surface area contributed by atoms with Crippen molar-refractivity contribution in [3.63, 3.8) is 0 Å². The molecule has 1 aromatic rings. The molecular weight excluding hydrogens is 186 g/mol. The van der Waals surface area contributed by atoms with E-state index in [0.717, 1.165) is 6.42 Å². The average molecular weight is 195 g/mol. The summed E-state index contributed by atoms with van der Waals surface area (Å²) in [6.07, 6.45) is 0.803. The predicted molar refractivity (Wildman–Crippen MR) is 58.9 cm³/mol. The summed E-state index contributed by atoms with van der Waals surface area (Å²) >= 11 is 4.53. The highest BCUT2D eigenvalue weighted by Crippen LogP contribution is 1.96. The zero-order valence-electron chi connectivity index (χ0n) is 6.49. The van der Waals surface area contributed by atoms with Gasteiger partial charge in [-0.05, 0) is 23.1 Å². The van der Waals surface area contributed by atoms with Crippen LogP contribution in [0.15, 0.2) is 30.3 Å². The van der Waals surface area contributed by atoms with E-state index in [1.54, 1.807) is 0 Å². The van der Waals surface area contributed by atoms with E-state index in [1.807, 2.05) is 35.7 Å². The molecule has 0 amide bonds. The molecule has 0 fully saturated rings. The van der Waals surface area contributed by atoms with Gasteiger partial charge in [0.2, 0.25) is 0 Å². The Hall–Kier alpha value is -0.890. The number of hydrogen-bond acceptors (Lipinski definition) is 2. The summed E-state index contributed by atoms with van der Waals surface area (Å²) in [7, 11) is -0.688. The first kappa shape index (κ1) is 9.20. The molecule has 0 aliphatic heterocycles. The van der Waals surface area contributed by atoms with Crippen molar-refractivity contribution in [2.24, 2.45) is 0 Å². The van der Waals surface area contributed by atoms with E-state index in [9.17, 15) is 0 Å². The fraction of sp³-hybridized carbons (Fsp3) is 0.111. The third-order valence-corrected chi connectivity index (χ3v) is 2.64. The molecule has 0 aromatic heterocycles. The lowest BCUT2D eigenvalue weighted by atomic mass is 10.2. The van der Waals surface area contributed by atoms with Crippen molar-refractivity contribution < 1.29 is 0 Å². The van der Waals surface area contributed by atoms with E-state index in [2.05, 4.69) is 16.5 Å². The van der Waals surface area contributed by atoms with E-state index in [1.165, 1.54) is 5.56 Å². The lowest BCUT2D eigenvalue weighted by molar-refractivity contribution is 1.38. The maximum atomic E-state index is 7.33. The van der Waals surface area contributed by atoms with Crippen molar-refractivity contribution in [3.8, 4) is 0 Å². The number of nitrogens with one attached hydrogen (secondary N) is 1. The van der Waals surface area contributed by atoms with Gasteiger partial charge in [0.05, 0.1) is 0 Å². The highest BCUT2D eigenvalue weighted by molar-refractivity contribution is 7.95. The Balaban J connectivity index is 2.80. The summed E-state index contributed by atoms with van der Waals surface area (Å²) in [4.78, 5) is 0. The summed E-state index contributed by atoms with van der Waals surface area (Å²) < 4.78 is 9.78. The van der Waals surface area contributed by atoms with Gasteiger partial charge in [0.25, 0.3) is 0 Å². The Bertz CT molecular complexity index is 399. The standard InChI is InChI=1S/C9H9NS2/c10-12(8-11)7-6-9-4-2-1-3-5-9/h1-5,7,10H,6H2. The molecule has 0 aliphatic rings. The Morgan fingerprint density at radius 1 is 1.42 bits per heavy atom. The van der Waals surface area contributed by atoms with Crippen molar-refractivity contribution in [3.05, 3.63) is 35.9 Å². The van der Waals surface area contributed by atoms with E-state index < -0.39 is 9.87 Å². The lowest BCUT2D eigenvalue weighted by Crippen LogP contribution is -1.84. The first-order valence-electron chi connectivity index (χ1n) is 3.52. The number of thiocarbonyl (C=S) groups is 1. The molecular formula is C9H9NS2. The third kappa shape index (κ3) is 3.01. The molecule has 3 heteroatoms. The van der Waals surface area contributed by atoms with Crippen molar-refractivity contribution in [2.75, 3.05) is 0 Å². The van der Waals surface area contributed by atoms with Crippen LogP contribution in [0.1, 0.15) is 5.56 Å². The molecule has 0 heterocycles. The van der Waals surface area contributed by atoms with Crippen molar-refractivity contribution in [1.82, 2.24) is 0 Å². The molecule has 1 aromatic carbocycles. The van der Waals surface area contributed by atoms with E-state index in [0.29, 0.717) is 0 Å². The van der Waals surface area contributed by atoms with Crippen LogP contribution in [-0.4, -0.2) is 9.68 Å². The van der Waals surface area contributed by atoms with Crippen LogP contribution in [0.2, 0.25) is 0 Å². The number of hydrogen-bond donors (Lipinski definition) is 1. The fourth-order valence-corrected chi connectivity index (χ4v) is 1.46. The summed E-state index contributed by atoms with van der Waals surface area (Å²) in [6, 6.07) is 10.0. The van der Waals surface area contributed by atoms with Crippen LogP contribution in [-0.2, 0) is 16.3 Å². The molecule has 0 radical (unpaired) electrons. The van der Waals surface area contributed by atoms with Crippen molar-refractivity contribution in [2.45, 2.75) is 6.42 Å². The van der Waals surface area contributed by atoms with Crippen molar-refractivity contribution in [1.29, 1.82) is 4.78 Å². The Morgan fingerprint density at radius 2 is 2.08 bits per heavy atom. The van der Waals surface area contributed by atoms with Gasteiger partial charge in [-0.2, -0.15) is 0 Å². The van der Waals surface area contributed by atoms with Crippen LogP contribution in [0.4, 0.5) is 0 Å². The molecule has 1 N–H and O–H groups in total.